The van der Waals surface area contributed by atoms with Crippen LogP contribution in [0.25, 0.3) is 4.96 Å². The van der Waals surface area contributed by atoms with Crippen molar-refractivity contribution in [1.82, 2.24) is 24.6 Å². The largest absolute Gasteiger partial charge is 0.346 e. The number of piperidine rings is 1. The van der Waals surface area contributed by atoms with Crippen LogP contribution in [0.1, 0.15) is 45.0 Å². The number of nitrogens with zero attached hydrogens (tertiary/aromatic N) is 3. The van der Waals surface area contributed by atoms with Crippen LogP contribution in [0.15, 0.2) is 59.7 Å². The van der Waals surface area contributed by atoms with Gasteiger partial charge in [0.05, 0.1) is 12.2 Å². The SMILES string of the molecule is Cc1cn2cc(CNC(=O)c3ccc(CN4CCC(Cc5ccccc5)CC4)[nH]c3=O)nc2s1. The first-order valence-corrected chi connectivity index (χ1v) is 12.6. The standard InChI is InChI=1S/C26H29N5O2S/c1-18-15-31-17-22(29-26(31)34-18)14-27-24(32)23-8-7-21(28-25(23)33)16-30-11-9-20(10-12-30)13-19-5-3-2-4-6-19/h2-8,15,17,20H,9-14,16H2,1H3,(H,27,32)(H,28,33). The van der Waals surface area contributed by atoms with Crippen LogP contribution in [0.4, 0.5) is 0 Å². The number of benzene rings is 1. The summed E-state index contributed by atoms with van der Waals surface area (Å²) >= 11 is 1.60. The van der Waals surface area contributed by atoms with E-state index in [1.165, 1.54) is 10.4 Å². The van der Waals surface area contributed by atoms with Gasteiger partial charge in [0.25, 0.3) is 11.5 Å². The maximum atomic E-state index is 12.6. The Morgan fingerprint density at radius 3 is 2.68 bits per heavy atom. The van der Waals surface area contributed by atoms with Crippen LogP contribution >= 0.6 is 11.3 Å². The summed E-state index contributed by atoms with van der Waals surface area (Å²) in [5.41, 5.74) is 2.79. The minimum atomic E-state index is -0.387. The van der Waals surface area contributed by atoms with Crippen molar-refractivity contribution in [3.05, 3.63) is 92.6 Å². The van der Waals surface area contributed by atoms with E-state index in [0.717, 1.165) is 48.7 Å². The number of fused-ring (bicyclic) bond motifs is 1. The molecule has 7 nitrogen and oxygen atoms in total. The molecular weight excluding hydrogens is 446 g/mol. The summed E-state index contributed by atoms with van der Waals surface area (Å²) in [6.07, 6.45) is 7.35. The van der Waals surface area contributed by atoms with Crippen molar-refractivity contribution in [2.24, 2.45) is 5.92 Å². The number of aromatic amines is 1. The lowest BCUT2D eigenvalue weighted by Crippen LogP contribution is -2.35. The fraction of sp³-hybridized carbons (Fsp3) is 0.346. The number of hydrogen-bond donors (Lipinski definition) is 2. The number of aryl methyl sites for hydroxylation is 1. The normalized spacial score (nSPS) is 15.1. The van der Waals surface area contributed by atoms with E-state index in [-0.39, 0.29) is 23.6 Å². The molecule has 1 saturated heterocycles. The molecule has 1 amide bonds. The molecule has 4 heterocycles. The van der Waals surface area contributed by atoms with Gasteiger partial charge in [-0.1, -0.05) is 30.3 Å². The second kappa shape index (κ2) is 9.95. The van der Waals surface area contributed by atoms with Crippen molar-refractivity contribution in [3.8, 4) is 0 Å². The van der Waals surface area contributed by atoms with Gasteiger partial charge in [0.1, 0.15) is 5.56 Å². The minimum absolute atomic E-state index is 0.127. The van der Waals surface area contributed by atoms with Crippen molar-refractivity contribution < 1.29 is 4.79 Å². The van der Waals surface area contributed by atoms with Crippen molar-refractivity contribution in [2.45, 2.75) is 39.3 Å². The van der Waals surface area contributed by atoms with Gasteiger partial charge < -0.3 is 10.3 Å². The highest BCUT2D eigenvalue weighted by atomic mass is 32.1. The number of aromatic nitrogens is 3. The molecule has 2 N–H and O–H groups in total. The highest BCUT2D eigenvalue weighted by molar-refractivity contribution is 7.16. The summed E-state index contributed by atoms with van der Waals surface area (Å²) < 4.78 is 1.95. The van der Waals surface area contributed by atoms with Crippen LogP contribution in [0, 0.1) is 12.8 Å². The molecule has 1 aromatic carbocycles. The van der Waals surface area contributed by atoms with Gasteiger partial charge in [-0.05, 0) is 62.9 Å². The van der Waals surface area contributed by atoms with Gasteiger partial charge in [0, 0.05) is 29.5 Å². The number of likely N-dealkylation sites (tertiary alicyclic amines) is 1. The predicted octanol–water partition coefficient (Wildman–Crippen LogP) is 3.78. The molecule has 0 unspecified atom stereocenters. The molecule has 34 heavy (non-hydrogen) atoms. The first-order valence-electron chi connectivity index (χ1n) is 11.7. The maximum absolute atomic E-state index is 12.6. The summed E-state index contributed by atoms with van der Waals surface area (Å²) in [4.78, 5) is 37.0. The van der Waals surface area contributed by atoms with E-state index in [9.17, 15) is 9.59 Å². The molecule has 0 saturated carbocycles. The van der Waals surface area contributed by atoms with Crippen LogP contribution in [0.5, 0.6) is 0 Å². The second-order valence-corrected chi connectivity index (χ2v) is 10.3. The lowest BCUT2D eigenvalue weighted by molar-refractivity contribution is 0.0949. The highest BCUT2D eigenvalue weighted by Crippen LogP contribution is 2.22. The van der Waals surface area contributed by atoms with Gasteiger partial charge in [0.15, 0.2) is 4.96 Å². The number of nitrogens with one attached hydrogen (secondary N) is 2. The lowest BCUT2D eigenvalue weighted by Gasteiger charge is -2.32. The molecule has 8 heteroatoms. The zero-order valence-corrected chi connectivity index (χ0v) is 20.1. The Bertz CT molecular complexity index is 1300. The third-order valence-electron chi connectivity index (χ3n) is 6.43. The third-order valence-corrected chi connectivity index (χ3v) is 7.35. The average Bonchev–Trinajstić information content (AvgIpc) is 3.36. The molecule has 0 radical (unpaired) electrons. The minimum Gasteiger partial charge on any atom is -0.346 e. The summed E-state index contributed by atoms with van der Waals surface area (Å²) in [5.74, 6) is 0.320. The molecule has 4 aromatic rings. The average molecular weight is 476 g/mol. The van der Waals surface area contributed by atoms with Crippen LogP contribution in [-0.2, 0) is 19.5 Å². The molecule has 176 valence electrons. The summed E-state index contributed by atoms with van der Waals surface area (Å²) in [6.45, 7) is 5.04. The van der Waals surface area contributed by atoms with Gasteiger partial charge in [-0.2, -0.15) is 0 Å². The van der Waals surface area contributed by atoms with Crippen molar-refractivity contribution >= 4 is 22.2 Å². The second-order valence-electron chi connectivity index (χ2n) is 9.08. The van der Waals surface area contributed by atoms with E-state index >= 15 is 0 Å². The number of carbonyl (C=O) groups excluding carboxylic acids is 1. The molecule has 0 atom stereocenters. The van der Waals surface area contributed by atoms with E-state index in [1.54, 1.807) is 17.4 Å². The summed E-state index contributed by atoms with van der Waals surface area (Å²) in [5, 5.41) is 2.81. The molecule has 0 aliphatic carbocycles. The number of thiazole rings is 1. The fourth-order valence-corrected chi connectivity index (χ4v) is 5.46. The Morgan fingerprint density at radius 1 is 1.15 bits per heavy atom. The molecule has 3 aromatic heterocycles. The Hall–Kier alpha value is -3.23. The van der Waals surface area contributed by atoms with Crippen molar-refractivity contribution in [1.29, 1.82) is 0 Å². The van der Waals surface area contributed by atoms with E-state index < -0.39 is 0 Å². The number of rotatable bonds is 7. The van der Waals surface area contributed by atoms with Crippen LogP contribution < -0.4 is 10.9 Å². The molecule has 0 spiro atoms. The van der Waals surface area contributed by atoms with Gasteiger partial charge in [-0.15, -0.1) is 11.3 Å². The number of hydrogen-bond acceptors (Lipinski definition) is 5. The Labute approximate surface area is 202 Å². The van der Waals surface area contributed by atoms with E-state index in [1.807, 2.05) is 29.8 Å². The molecule has 1 aliphatic heterocycles. The van der Waals surface area contributed by atoms with Crippen molar-refractivity contribution in [2.75, 3.05) is 13.1 Å². The van der Waals surface area contributed by atoms with E-state index in [0.29, 0.717) is 12.5 Å². The number of pyridine rings is 1. The van der Waals surface area contributed by atoms with Gasteiger partial charge in [-0.3, -0.25) is 18.9 Å². The molecule has 1 aliphatic rings. The number of imidazole rings is 1. The zero-order valence-electron chi connectivity index (χ0n) is 19.3. The van der Waals surface area contributed by atoms with E-state index in [2.05, 4.69) is 50.5 Å². The molecule has 1 fully saturated rings. The maximum Gasteiger partial charge on any atom is 0.261 e. The van der Waals surface area contributed by atoms with Crippen molar-refractivity contribution in [3.63, 3.8) is 0 Å². The monoisotopic (exact) mass is 475 g/mol. The first kappa shape index (κ1) is 22.6. The van der Waals surface area contributed by atoms with Gasteiger partial charge in [-0.25, -0.2) is 4.98 Å². The summed E-state index contributed by atoms with van der Waals surface area (Å²) in [6, 6.07) is 14.1. The summed E-state index contributed by atoms with van der Waals surface area (Å²) in [7, 11) is 0. The third kappa shape index (κ3) is 5.29. The predicted molar refractivity (Wildman–Crippen MR) is 134 cm³/mol. The Morgan fingerprint density at radius 2 is 1.94 bits per heavy atom. The van der Waals surface area contributed by atoms with Gasteiger partial charge >= 0.3 is 0 Å². The van der Waals surface area contributed by atoms with Crippen LogP contribution in [0.3, 0.4) is 0 Å². The smallest absolute Gasteiger partial charge is 0.261 e. The molecule has 5 rings (SSSR count). The quantitative estimate of drug-likeness (QED) is 0.426. The first-order chi connectivity index (χ1) is 16.5. The van der Waals surface area contributed by atoms with E-state index in [4.69, 9.17) is 0 Å². The number of carbonyl (C=O) groups is 1. The van der Waals surface area contributed by atoms with Crippen LogP contribution in [-0.4, -0.2) is 38.3 Å². The number of amides is 1. The highest BCUT2D eigenvalue weighted by Gasteiger charge is 2.20. The lowest BCUT2D eigenvalue weighted by atomic mass is 9.90. The Balaban J connectivity index is 1.12. The van der Waals surface area contributed by atoms with Crippen LogP contribution in [0.2, 0.25) is 0 Å². The fourth-order valence-electron chi connectivity index (χ4n) is 4.63. The molecular formula is C26H29N5O2S. The van der Waals surface area contributed by atoms with Gasteiger partial charge in [0.2, 0.25) is 0 Å². The topological polar surface area (TPSA) is 82.5 Å². The Kier molecular flexibility index (Phi) is 6.60. The molecule has 0 bridgehead atoms. The zero-order chi connectivity index (χ0) is 23.5. The number of H-pyrrole nitrogens is 1.